The Morgan fingerprint density at radius 3 is 2.96 bits per heavy atom. The lowest BCUT2D eigenvalue weighted by Gasteiger charge is -2.11. The molecule has 4 heteroatoms. The van der Waals surface area contributed by atoms with Crippen molar-refractivity contribution in [3.8, 4) is 0 Å². The minimum atomic E-state index is -0.428. The zero-order chi connectivity index (χ0) is 15.6. The highest BCUT2D eigenvalue weighted by atomic mass is 16.6. The number of carbonyl (C=O) groups excluding carboxylic acids is 1. The first-order valence-electron chi connectivity index (χ1n) is 8.05. The van der Waals surface area contributed by atoms with Gasteiger partial charge in [0.25, 0.3) is 0 Å². The lowest BCUT2D eigenvalue weighted by Crippen LogP contribution is -2.13. The van der Waals surface area contributed by atoms with Crippen molar-refractivity contribution in [1.82, 2.24) is 0 Å². The highest BCUT2D eigenvalue weighted by molar-refractivity contribution is 5.84. The van der Waals surface area contributed by atoms with Crippen molar-refractivity contribution in [2.45, 2.75) is 38.1 Å². The fourth-order valence-corrected chi connectivity index (χ4v) is 3.18. The topological polar surface area (TPSA) is 50.9 Å². The van der Waals surface area contributed by atoms with Gasteiger partial charge in [-0.3, -0.25) is 5.32 Å². The highest BCUT2D eigenvalue weighted by Crippen LogP contribution is 2.46. The van der Waals surface area contributed by atoms with E-state index in [1.165, 1.54) is 11.1 Å². The second kappa shape index (κ2) is 6.05. The van der Waals surface area contributed by atoms with Gasteiger partial charge in [-0.05, 0) is 48.1 Å². The summed E-state index contributed by atoms with van der Waals surface area (Å²) in [7, 11) is 0. The molecule has 1 aliphatic carbocycles. The fraction of sp³-hybridized carbons (Fsp3) is 0.316. The van der Waals surface area contributed by atoms with Gasteiger partial charge in [-0.1, -0.05) is 36.4 Å². The molecule has 0 unspecified atom stereocenters. The number of hydrogen-bond acceptors (Lipinski definition) is 3. The van der Waals surface area contributed by atoms with Gasteiger partial charge in [-0.25, -0.2) is 4.79 Å². The van der Waals surface area contributed by atoms with E-state index in [-0.39, 0.29) is 12.7 Å². The summed E-state index contributed by atoms with van der Waals surface area (Å²) >= 11 is 0. The van der Waals surface area contributed by atoms with E-state index >= 15 is 0 Å². The molecule has 0 aromatic heterocycles. The van der Waals surface area contributed by atoms with Crippen molar-refractivity contribution >= 4 is 11.8 Å². The minimum absolute atomic E-state index is 0.270. The first kappa shape index (κ1) is 14.3. The van der Waals surface area contributed by atoms with Crippen molar-refractivity contribution < 1.29 is 14.3 Å². The van der Waals surface area contributed by atoms with E-state index in [0.29, 0.717) is 6.10 Å². The van der Waals surface area contributed by atoms with Crippen LogP contribution in [0.2, 0.25) is 0 Å². The molecular weight excluding hydrogens is 290 g/mol. The molecule has 23 heavy (non-hydrogen) atoms. The first-order valence-corrected chi connectivity index (χ1v) is 8.05. The molecule has 2 atom stereocenters. The number of epoxide rings is 1. The number of benzene rings is 2. The summed E-state index contributed by atoms with van der Waals surface area (Å²) in [6.45, 7) is 0.273. The molecule has 4 rings (SSSR count). The van der Waals surface area contributed by atoms with Gasteiger partial charge in [0, 0.05) is 5.69 Å². The van der Waals surface area contributed by atoms with Crippen LogP contribution in [0.1, 0.15) is 35.6 Å². The molecule has 0 saturated carbocycles. The first-order chi connectivity index (χ1) is 11.3. The highest BCUT2D eigenvalue weighted by Gasteiger charge is 2.42. The van der Waals surface area contributed by atoms with E-state index in [2.05, 4.69) is 11.4 Å². The van der Waals surface area contributed by atoms with Crippen LogP contribution in [-0.4, -0.2) is 12.2 Å². The third kappa shape index (κ3) is 3.22. The number of fused-ring (bicyclic) bond motifs is 3. The molecule has 0 spiro atoms. The number of aryl methyl sites for hydroxylation is 1. The third-order valence-corrected chi connectivity index (χ3v) is 4.43. The van der Waals surface area contributed by atoms with E-state index in [1.807, 2.05) is 42.5 Å². The normalized spacial score (nSPS) is 21.6. The average molecular weight is 309 g/mol. The van der Waals surface area contributed by atoms with Crippen molar-refractivity contribution in [3.05, 3.63) is 65.2 Å². The van der Waals surface area contributed by atoms with Crippen LogP contribution in [0, 0.1) is 0 Å². The van der Waals surface area contributed by atoms with E-state index < -0.39 is 6.09 Å². The zero-order valence-corrected chi connectivity index (χ0v) is 12.8. The maximum absolute atomic E-state index is 11.9. The number of anilines is 1. The molecule has 1 saturated heterocycles. The summed E-state index contributed by atoms with van der Waals surface area (Å²) in [5, 5.41) is 2.81. The standard InChI is InChI=1S/C19H19NO3/c21-19(22-12-13-5-2-1-3-6-13)20-15-9-10-16-14(11-15)7-4-8-17-18(16)23-17/h1-3,5-6,9-11,17-18H,4,7-8,12H2,(H,20,21)/t17-,18+/m0/s1. The summed E-state index contributed by atoms with van der Waals surface area (Å²) in [4.78, 5) is 11.9. The van der Waals surface area contributed by atoms with Crippen molar-refractivity contribution in [1.29, 1.82) is 0 Å². The van der Waals surface area contributed by atoms with Crippen LogP contribution in [0.25, 0.3) is 0 Å². The smallest absolute Gasteiger partial charge is 0.411 e. The van der Waals surface area contributed by atoms with Crippen molar-refractivity contribution in [3.63, 3.8) is 0 Å². The van der Waals surface area contributed by atoms with E-state index in [9.17, 15) is 4.79 Å². The maximum Gasteiger partial charge on any atom is 0.411 e. The van der Waals surface area contributed by atoms with Crippen LogP contribution in [0.15, 0.2) is 48.5 Å². The number of rotatable bonds is 3. The Morgan fingerprint density at radius 2 is 2.09 bits per heavy atom. The number of hydrogen-bond donors (Lipinski definition) is 1. The average Bonchev–Trinajstić information content (AvgIpc) is 3.34. The monoisotopic (exact) mass is 309 g/mol. The van der Waals surface area contributed by atoms with E-state index in [4.69, 9.17) is 9.47 Å². The van der Waals surface area contributed by atoms with Gasteiger partial charge in [0.05, 0.1) is 6.10 Å². The Bertz CT molecular complexity index is 714. The molecule has 1 amide bonds. The maximum atomic E-state index is 11.9. The molecule has 2 aliphatic rings. The number of amides is 1. The second-order valence-electron chi connectivity index (χ2n) is 6.09. The molecule has 1 heterocycles. The molecule has 2 aromatic rings. The molecule has 2 aromatic carbocycles. The van der Waals surface area contributed by atoms with Crippen LogP contribution < -0.4 is 5.32 Å². The quantitative estimate of drug-likeness (QED) is 0.864. The lowest BCUT2D eigenvalue weighted by molar-refractivity contribution is 0.155. The number of nitrogens with one attached hydrogen (secondary N) is 1. The second-order valence-corrected chi connectivity index (χ2v) is 6.09. The van der Waals surface area contributed by atoms with Crippen molar-refractivity contribution in [2.75, 3.05) is 5.32 Å². The Morgan fingerprint density at radius 1 is 1.22 bits per heavy atom. The molecular formula is C19H19NO3. The summed E-state index contributed by atoms with van der Waals surface area (Å²) in [6.07, 6.45) is 3.55. The van der Waals surface area contributed by atoms with E-state index in [1.54, 1.807) is 0 Å². The minimum Gasteiger partial charge on any atom is -0.444 e. The number of ether oxygens (including phenoxy) is 2. The molecule has 0 radical (unpaired) electrons. The van der Waals surface area contributed by atoms with Gasteiger partial charge < -0.3 is 9.47 Å². The summed E-state index contributed by atoms with van der Waals surface area (Å²) in [5.74, 6) is 0. The van der Waals surface area contributed by atoms with Crippen LogP contribution in [-0.2, 0) is 22.5 Å². The van der Waals surface area contributed by atoms with Gasteiger partial charge >= 0.3 is 6.09 Å². The van der Waals surface area contributed by atoms with Gasteiger partial charge in [0.15, 0.2) is 0 Å². The van der Waals surface area contributed by atoms with Crippen LogP contribution in [0.3, 0.4) is 0 Å². The predicted molar refractivity (Wildman–Crippen MR) is 87.2 cm³/mol. The van der Waals surface area contributed by atoms with Crippen molar-refractivity contribution in [2.24, 2.45) is 0 Å². The van der Waals surface area contributed by atoms with Gasteiger partial charge in [0.1, 0.15) is 12.7 Å². The molecule has 1 aliphatic heterocycles. The zero-order valence-electron chi connectivity index (χ0n) is 12.8. The molecule has 1 N–H and O–H groups in total. The molecule has 1 fully saturated rings. The largest absolute Gasteiger partial charge is 0.444 e. The third-order valence-electron chi connectivity index (χ3n) is 4.43. The summed E-state index contributed by atoms with van der Waals surface area (Å²) < 4.78 is 10.9. The van der Waals surface area contributed by atoms with Gasteiger partial charge in [-0.15, -0.1) is 0 Å². The van der Waals surface area contributed by atoms with Crippen LogP contribution in [0.5, 0.6) is 0 Å². The Labute approximate surface area is 135 Å². The summed E-state index contributed by atoms with van der Waals surface area (Å²) in [6, 6.07) is 15.7. The van der Waals surface area contributed by atoms with Gasteiger partial charge in [0.2, 0.25) is 0 Å². The number of carbonyl (C=O) groups is 1. The SMILES string of the molecule is O=C(Nc1ccc2c(c1)CCC[C@@H]1O[C@H]21)OCc1ccccc1. The van der Waals surface area contributed by atoms with Crippen LogP contribution in [0.4, 0.5) is 10.5 Å². The Hall–Kier alpha value is -2.33. The van der Waals surface area contributed by atoms with Gasteiger partial charge in [-0.2, -0.15) is 0 Å². The van der Waals surface area contributed by atoms with E-state index in [0.717, 1.165) is 30.5 Å². The summed E-state index contributed by atoms with van der Waals surface area (Å²) in [5.41, 5.74) is 4.30. The lowest BCUT2D eigenvalue weighted by atomic mass is 10.0. The Balaban J connectivity index is 1.39. The fourth-order valence-electron chi connectivity index (χ4n) is 3.18. The molecule has 4 nitrogen and oxygen atoms in total. The molecule has 0 bridgehead atoms. The van der Waals surface area contributed by atoms with Crippen LogP contribution >= 0.6 is 0 Å². The predicted octanol–water partition coefficient (Wildman–Crippen LogP) is 4.21. The molecule has 118 valence electrons. The Kier molecular flexibility index (Phi) is 3.75.